The summed E-state index contributed by atoms with van der Waals surface area (Å²) in [5.41, 5.74) is 4.40. The Balaban J connectivity index is 1.59. The fraction of sp³-hybridized carbons (Fsp3) is 0.370. The lowest BCUT2D eigenvalue weighted by Gasteiger charge is -2.16. The molecule has 0 bridgehead atoms. The number of thiophene rings is 1. The van der Waals surface area contributed by atoms with Gasteiger partial charge in [0.1, 0.15) is 22.6 Å². The molecule has 182 valence electrons. The molecule has 0 radical (unpaired) electrons. The number of carbonyl (C=O) groups excluding carboxylic acids is 1. The average Bonchev–Trinajstić information content (AvgIpc) is 3.29. The summed E-state index contributed by atoms with van der Waals surface area (Å²) in [6.07, 6.45) is 5.20. The van der Waals surface area contributed by atoms with Crippen molar-refractivity contribution in [1.82, 2.24) is 4.98 Å². The van der Waals surface area contributed by atoms with Crippen LogP contribution in [0, 0.1) is 11.3 Å². The van der Waals surface area contributed by atoms with Gasteiger partial charge in [0.2, 0.25) is 5.91 Å². The Labute approximate surface area is 214 Å². The topological polar surface area (TPSA) is 84.2 Å². The first kappa shape index (κ1) is 25.1. The summed E-state index contributed by atoms with van der Waals surface area (Å²) in [4.78, 5) is 18.9. The summed E-state index contributed by atoms with van der Waals surface area (Å²) in [7, 11) is 0. The molecule has 0 saturated carbocycles. The van der Waals surface area contributed by atoms with E-state index in [-0.39, 0.29) is 11.7 Å². The summed E-state index contributed by atoms with van der Waals surface area (Å²) in [5, 5.41) is 15.7. The van der Waals surface area contributed by atoms with Crippen LogP contribution in [0.25, 0.3) is 10.4 Å². The zero-order valence-corrected chi connectivity index (χ0v) is 21.7. The molecule has 1 aliphatic rings. The van der Waals surface area contributed by atoms with Crippen LogP contribution in [0.4, 0.5) is 5.69 Å². The lowest BCUT2D eigenvalue weighted by molar-refractivity contribution is -0.113. The quantitative estimate of drug-likeness (QED) is 0.264. The summed E-state index contributed by atoms with van der Waals surface area (Å²) in [5.74, 6) is 1.20. The highest BCUT2D eigenvalue weighted by Crippen LogP contribution is 2.39. The van der Waals surface area contributed by atoms with Gasteiger partial charge in [0, 0.05) is 22.2 Å². The molecule has 0 fully saturated rings. The number of pyridine rings is 1. The second-order valence-electron chi connectivity index (χ2n) is 8.10. The first-order valence-electron chi connectivity index (χ1n) is 12.0. The number of carbonyl (C=O) groups is 1. The first-order valence-corrected chi connectivity index (χ1v) is 13.8. The smallest absolute Gasteiger partial charge is 0.234 e. The van der Waals surface area contributed by atoms with Crippen molar-refractivity contribution in [3.8, 4) is 28.0 Å². The van der Waals surface area contributed by atoms with Gasteiger partial charge in [-0.3, -0.25) is 4.79 Å². The largest absolute Gasteiger partial charge is 0.494 e. The minimum absolute atomic E-state index is 0.134. The van der Waals surface area contributed by atoms with Crippen LogP contribution < -0.4 is 14.8 Å². The van der Waals surface area contributed by atoms with E-state index in [1.165, 1.54) is 17.3 Å². The highest BCUT2D eigenvalue weighted by molar-refractivity contribution is 8.00. The summed E-state index contributed by atoms with van der Waals surface area (Å²) in [6, 6.07) is 11.9. The first-order chi connectivity index (χ1) is 17.1. The molecule has 6 nitrogen and oxygen atoms in total. The van der Waals surface area contributed by atoms with Crippen LogP contribution in [0.15, 0.2) is 40.7 Å². The number of aryl methyl sites for hydroxylation is 1. The second kappa shape index (κ2) is 12.1. The molecule has 0 aliphatic heterocycles. The van der Waals surface area contributed by atoms with Crippen LogP contribution >= 0.6 is 23.1 Å². The predicted molar refractivity (Wildman–Crippen MR) is 142 cm³/mol. The van der Waals surface area contributed by atoms with Gasteiger partial charge >= 0.3 is 0 Å². The average molecular weight is 508 g/mol. The number of anilines is 1. The third-order valence-electron chi connectivity index (χ3n) is 5.75. The molecule has 2 aromatic heterocycles. The van der Waals surface area contributed by atoms with Crippen LogP contribution in [0.1, 0.15) is 49.9 Å². The van der Waals surface area contributed by atoms with Crippen LogP contribution in [-0.2, 0) is 17.6 Å². The van der Waals surface area contributed by atoms with Gasteiger partial charge in [-0.05, 0) is 68.7 Å². The van der Waals surface area contributed by atoms with Crippen molar-refractivity contribution in [3.63, 3.8) is 0 Å². The number of nitriles is 1. The maximum Gasteiger partial charge on any atom is 0.234 e. The minimum atomic E-state index is -0.192. The molecule has 1 N–H and O–H groups in total. The van der Waals surface area contributed by atoms with Crippen molar-refractivity contribution < 1.29 is 14.3 Å². The third kappa shape index (κ3) is 5.98. The third-order valence-corrected chi connectivity index (χ3v) is 7.61. The van der Waals surface area contributed by atoms with Crippen LogP contribution in [-0.4, -0.2) is 29.9 Å². The second-order valence-corrected chi connectivity index (χ2v) is 10.0. The van der Waals surface area contributed by atoms with Crippen molar-refractivity contribution in [3.05, 3.63) is 52.5 Å². The van der Waals surface area contributed by atoms with Gasteiger partial charge in [-0.1, -0.05) is 24.2 Å². The van der Waals surface area contributed by atoms with E-state index in [4.69, 9.17) is 14.5 Å². The predicted octanol–water partition coefficient (Wildman–Crippen LogP) is 6.48. The normalized spacial score (nSPS) is 12.8. The molecule has 0 atom stereocenters. The molecule has 1 aliphatic carbocycles. The highest BCUT2D eigenvalue weighted by Gasteiger charge is 2.23. The number of benzene rings is 1. The number of hydrogen-bond acceptors (Lipinski definition) is 7. The van der Waals surface area contributed by atoms with E-state index in [9.17, 15) is 10.1 Å². The van der Waals surface area contributed by atoms with Gasteiger partial charge in [-0.25, -0.2) is 4.98 Å². The van der Waals surface area contributed by atoms with E-state index in [2.05, 4.69) is 17.5 Å². The molecule has 1 amide bonds. The van der Waals surface area contributed by atoms with Crippen LogP contribution in [0.3, 0.4) is 0 Å². The van der Waals surface area contributed by atoms with Crippen molar-refractivity contribution >= 4 is 34.7 Å². The number of aromatic nitrogens is 1. The molecule has 0 spiro atoms. The fourth-order valence-corrected chi connectivity index (χ4v) is 5.87. The summed E-state index contributed by atoms with van der Waals surface area (Å²) in [6.45, 7) is 4.83. The van der Waals surface area contributed by atoms with E-state index in [1.54, 1.807) is 23.5 Å². The van der Waals surface area contributed by atoms with E-state index in [0.29, 0.717) is 41.0 Å². The lowest BCUT2D eigenvalue weighted by atomic mass is 9.97. The Hall–Kier alpha value is -3.02. The molecule has 0 saturated heterocycles. The Morgan fingerprint density at radius 2 is 2.00 bits per heavy atom. The number of hydrogen-bond donors (Lipinski definition) is 1. The number of ether oxygens (including phenoxy) is 2. The molecule has 35 heavy (non-hydrogen) atoms. The van der Waals surface area contributed by atoms with E-state index >= 15 is 0 Å². The number of rotatable bonds is 9. The Morgan fingerprint density at radius 1 is 1.17 bits per heavy atom. The van der Waals surface area contributed by atoms with Gasteiger partial charge in [-0.15, -0.1) is 11.3 Å². The molecule has 8 heteroatoms. The maximum atomic E-state index is 12.9. The number of nitrogens with zero attached hydrogens (tertiary/aromatic N) is 2. The number of fused-ring (bicyclic) bond motifs is 1. The zero-order chi connectivity index (χ0) is 24.6. The van der Waals surface area contributed by atoms with Gasteiger partial charge < -0.3 is 14.8 Å². The Bertz CT molecular complexity index is 1220. The van der Waals surface area contributed by atoms with Crippen molar-refractivity contribution in [2.24, 2.45) is 0 Å². The van der Waals surface area contributed by atoms with E-state index in [1.807, 2.05) is 31.4 Å². The Kier molecular flexibility index (Phi) is 8.67. The monoisotopic (exact) mass is 507 g/mol. The van der Waals surface area contributed by atoms with Gasteiger partial charge in [0.05, 0.1) is 30.2 Å². The zero-order valence-electron chi connectivity index (χ0n) is 20.1. The van der Waals surface area contributed by atoms with Crippen molar-refractivity contribution in [2.75, 3.05) is 24.3 Å². The molecule has 1 aromatic carbocycles. The summed E-state index contributed by atoms with van der Waals surface area (Å²) >= 11 is 2.95. The molecule has 3 aromatic rings. The van der Waals surface area contributed by atoms with E-state index in [0.717, 1.165) is 48.2 Å². The number of thioether (sulfide) groups is 1. The molecule has 2 heterocycles. The lowest BCUT2D eigenvalue weighted by Crippen LogP contribution is -2.16. The molecule has 4 rings (SSSR count). The van der Waals surface area contributed by atoms with Gasteiger partial charge in [-0.2, -0.15) is 5.26 Å². The Morgan fingerprint density at radius 3 is 2.74 bits per heavy atom. The minimum Gasteiger partial charge on any atom is -0.494 e. The fourth-order valence-electron chi connectivity index (χ4n) is 4.26. The summed E-state index contributed by atoms with van der Waals surface area (Å²) < 4.78 is 11.2. The van der Waals surface area contributed by atoms with Crippen molar-refractivity contribution in [2.45, 2.75) is 51.0 Å². The SMILES string of the molecule is CCOc1ccc(OCC)c(NC(=O)CSc2nc3c(c(-c4cccs4)c2C#N)CCCCC3)c1. The van der Waals surface area contributed by atoms with Gasteiger partial charge in [0.15, 0.2) is 0 Å². The molecular weight excluding hydrogens is 478 g/mol. The number of amides is 1. The molecular formula is C27H29N3O3S2. The highest BCUT2D eigenvalue weighted by atomic mass is 32.2. The number of nitrogens with one attached hydrogen (secondary N) is 1. The standard InChI is InChI=1S/C27H29N3O3S2/c1-3-32-18-12-13-23(33-4-2)22(15-18)29-25(31)17-35-27-20(16-28)26(24-11-8-14-34-24)19-9-6-5-7-10-21(19)30-27/h8,11-15H,3-7,9-10,17H2,1-2H3,(H,29,31). The molecule has 0 unspecified atom stereocenters. The van der Waals surface area contributed by atoms with Crippen LogP contribution in [0.5, 0.6) is 11.5 Å². The maximum absolute atomic E-state index is 12.9. The van der Waals surface area contributed by atoms with Gasteiger partial charge in [0.25, 0.3) is 0 Å². The van der Waals surface area contributed by atoms with Crippen LogP contribution in [0.2, 0.25) is 0 Å². The van der Waals surface area contributed by atoms with E-state index < -0.39 is 0 Å². The van der Waals surface area contributed by atoms with Crippen molar-refractivity contribution in [1.29, 1.82) is 5.26 Å².